The normalized spacial score (nSPS) is 12.6. The van der Waals surface area contributed by atoms with Crippen molar-refractivity contribution in [3.05, 3.63) is 59.4 Å². The number of aryl methyl sites for hydroxylation is 1. The standard InChI is InChI=1S/C15H15F2N3O/c1-10(13-5-4-12(16)7-14(13)17)19-15(21)6-3-11-8-18-20(2)9-11/h3-10H,1-2H3,(H,19,21)/b6-3+/t10-/m1/s1. The number of halogens is 2. The van der Waals surface area contributed by atoms with Crippen molar-refractivity contribution in [2.24, 2.45) is 7.05 Å². The molecule has 6 heteroatoms. The summed E-state index contributed by atoms with van der Waals surface area (Å²) in [5.74, 6) is -1.69. The molecule has 110 valence electrons. The van der Waals surface area contributed by atoms with Gasteiger partial charge in [0.25, 0.3) is 0 Å². The quantitative estimate of drug-likeness (QED) is 0.880. The molecule has 2 aromatic rings. The molecule has 1 amide bonds. The maximum absolute atomic E-state index is 13.6. The first-order valence-corrected chi connectivity index (χ1v) is 6.38. The summed E-state index contributed by atoms with van der Waals surface area (Å²) in [5, 5.41) is 6.59. The number of nitrogens with one attached hydrogen (secondary N) is 1. The van der Waals surface area contributed by atoms with Crippen molar-refractivity contribution < 1.29 is 13.6 Å². The predicted molar refractivity (Wildman–Crippen MR) is 75.2 cm³/mol. The molecule has 2 rings (SSSR count). The molecular formula is C15H15F2N3O. The average Bonchev–Trinajstić information content (AvgIpc) is 2.82. The van der Waals surface area contributed by atoms with Gasteiger partial charge in [-0.2, -0.15) is 5.10 Å². The minimum absolute atomic E-state index is 0.236. The number of carbonyl (C=O) groups excluding carboxylic acids is 1. The second-order valence-electron chi connectivity index (χ2n) is 4.68. The Kier molecular flexibility index (Phi) is 4.47. The molecule has 0 aliphatic heterocycles. The first-order chi connectivity index (χ1) is 9.95. The van der Waals surface area contributed by atoms with Crippen molar-refractivity contribution in [2.75, 3.05) is 0 Å². The van der Waals surface area contributed by atoms with Gasteiger partial charge in [0.15, 0.2) is 0 Å². The molecule has 1 heterocycles. The molecule has 0 aliphatic carbocycles. The van der Waals surface area contributed by atoms with Crippen molar-refractivity contribution in [3.8, 4) is 0 Å². The van der Waals surface area contributed by atoms with Crippen LogP contribution < -0.4 is 5.32 Å². The van der Waals surface area contributed by atoms with E-state index in [-0.39, 0.29) is 11.5 Å². The Bertz CT molecular complexity index is 679. The molecule has 1 N–H and O–H groups in total. The zero-order valence-corrected chi connectivity index (χ0v) is 11.7. The van der Waals surface area contributed by atoms with Gasteiger partial charge in [-0.1, -0.05) is 6.07 Å². The number of hydrogen-bond donors (Lipinski definition) is 1. The van der Waals surface area contributed by atoms with Crippen LogP contribution in [-0.2, 0) is 11.8 Å². The van der Waals surface area contributed by atoms with E-state index in [2.05, 4.69) is 10.4 Å². The molecule has 0 spiro atoms. The van der Waals surface area contributed by atoms with Crippen LogP contribution in [0.5, 0.6) is 0 Å². The van der Waals surface area contributed by atoms with Crippen LogP contribution in [0.4, 0.5) is 8.78 Å². The van der Waals surface area contributed by atoms with Gasteiger partial charge in [0.1, 0.15) is 11.6 Å². The lowest BCUT2D eigenvalue weighted by Crippen LogP contribution is -2.25. The molecule has 0 saturated carbocycles. The van der Waals surface area contributed by atoms with E-state index < -0.39 is 17.7 Å². The number of hydrogen-bond acceptors (Lipinski definition) is 2. The monoisotopic (exact) mass is 291 g/mol. The van der Waals surface area contributed by atoms with Crippen LogP contribution in [0.25, 0.3) is 6.08 Å². The van der Waals surface area contributed by atoms with Crippen molar-refractivity contribution >= 4 is 12.0 Å². The van der Waals surface area contributed by atoms with Crippen LogP contribution in [0.1, 0.15) is 24.1 Å². The number of rotatable bonds is 4. The Labute approximate surface area is 121 Å². The van der Waals surface area contributed by atoms with Crippen LogP contribution in [0.15, 0.2) is 36.7 Å². The molecule has 0 bridgehead atoms. The second-order valence-corrected chi connectivity index (χ2v) is 4.68. The summed E-state index contributed by atoms with van der Waals surface area (Å²) in [6.07, 6.45) is 6.32. The number of nitrogens with zero attached hydrogens (tertiary/aromatic N) is 2. The maximum atomic E-state index is 13.6. The van der Waals surface area contributed by atoms with Crippen LogP contribution in [0.3, 0.4) is 0 Å². The third-order valence-corrected chi connectivity index (χ3v) is 2.94. The molecule has 1 aromatic carbocycles. The Morgan fingerprint density at radius 3 is 2.81 bits per heavy atom. The molecule has 0 unspecified atom stereocenters. The van der Waals surface area contributed by atoms with Crippen LogP contribution in [-0.4, -0.2) is 15.7 Å². The molecule has 4 nitrogen and oxygen atoms in total. The van der Waals surface area contributed by atoms with E-state index in [9.17, 15) is 13.6 Å². The summed E-state index contributed by atoms with van der Waals surface area (Å²) in [7, 11) is 1.77. The van der Waals surface area contributed by atoms with E-state index in [0.29, 0.717) is 0 Å². The maximum Gasteiger partial charge on any atom is 0.244 e. The Morgan fingerprint density at radius 1 is 1.43 bits per heavy atom. The van der Waals surface area contributed by atoms with E-state index in [0.717, 1.165) is 17.7 Å². The number of amides is 1. The number of carbonyl (C=O) groups is 1. The molecular weight excluding hydrogens is 276 g/mol. The Balaban J connectivity index is 2.00. The fraction of sp³-hybridized carbons (Fsp3) is 0.200. The van der Waals surface area contributed by atoms with Gasteiger partial charge in [0, 0.05) is 36.5 Å². The van der Waals surface area contributed by atoms with E-state index in [1.54, 1.807) is 37.1 Å². The van der Waals surface area contributed by atoms with Gasteiger partial charge in [-0.25, -0.2) is 8.78 Å². The van der Waals surface area contributed by atoms with E-state index in [1.807, 2.05) is 0 Å². The third kappa shape index (κ3) is 3.98. The Hall–Kier alpha value is -2.50. The lowest BCUT2D eigenvalue weighted by molar-refractivity contribution is -0.117. The highest BCUT2D eigenvalue weighted by atomic mass is 19.1. The summed E-state index contributed by atoms with van der Waals surface area (Å²) in [6, 6.07) is 2.72. The summed E-state index contributed by atoms with van der Waals surface area (Å²) in [4.78, 5) is 11.8. The summed E-state index contributed by atoms with van der Waals surface area (Å²) in [5.41, 5.74) is 1.02. The van der Waals surface area contributed by atoms with Crippen molar-refractivity contribution in [1.29, 1.82) is 0 Å². The van der Waals surface area contributed by atoms with Gasteiger partial charge < -0.3 is 5.32 Å². The van der Waals surface area contributed by atoms with E-state index in [1.165, 1.54) is 12.1 Å². The minimum Gasteiger partial charge on any atom is -0.346 e. The summed E-state index contributed by atoms with van der Waals surface area (Å²) < 4.78 is 28.0. The minimum atomic E-state index is -0.681. The largest absolute Gasteiger partial charge is 0.346 e. The average molecular weight is 291 g/mol. The predicted octanol–water partition coefficient (Wildman–Crippen LogP) is 2.59. The van der Waals surface area contributed by atoms with E-state index >= 15 is 0 Å². The van der Waals surface area contributed by atoms with Crippen LogP contribution in [0, 0.1) is 11.6 Å². The number of aromatic nitrogens is 2. The lowest BCUT2D eigenvalue weighted by Gasteiger charge is -2.13. The van der Waals surface area contributed by atoms with Gasteiger partial charge in [0.05, 0.1) is 12.2 Å². The van der Waals surface area contributed by atoms with E-state index in [4.69, 9.17) is 0 Å². The number of benzene rings is 1. The van der Waals surface area contributed by atoms with Crippen molar-refractivity contribution in [2.45, 2.75) is 13.0 Å². The van der Waals surface area contributed by atoms with Crippen molar-refractivity contribution in [3.63, 3.8) is 0 Å². The fourth-order valence-electron chi connectivity index (χ4n) is 1.89. The van der Waals surface area contributed by atoms with Gasteiger partial charge in [-0.15, -0.1) is 0 Å². The molecule has 0 radical (unpaired) electrons. The fourth-order valence-corrected chi connectivity index (χ4v) is 1.89. The summed E-state index contributed by atoms with van der Waals surface area (Å²) in [6.45, 7) is 1.63. The van der Waals surface area contributed by atoms with Gasteiger partial charge >= 0.3 is 0 Å². The molecule has 0 aliphatic rings. The van der Waals surface area contributed by atoms with Gasteiger partial charge in [0.2, 0.25) is 5.91 Å². The Morgan fingerprint density at radius 2 is 2.19 bits per heavy atom. The molecule has 1 atom stereocenters. The second kappa shape index (κ2) is 6.30. The van der Waals surface area contributed by atoms with Crippen molar-refractivity contribution in [1.82, 2.24) is 15.1 Å². The third-order valence-electron chi connectivity index (χ3n) is 2.94. The highest BCUT2D eigenvalue weighted by molar-refractivity contribution is 5.91. The lowest BCUT2D eigenvalue weighted by atomic mass is 10.1. The first-order valence-electron chi connectivity index (χ1n) is 6.38. The van der Waals surface area contributed by atoms with Crippen LogP contribution in [0.2, 0.25) is 0 Å². The van der Waals surface area contributed by atoms with Crippen LogP contribution >= 0.6 is 0 Å². The van der Waals surface area contributed by atoms with Gasteiger partial charge in [-0.3, -0.25) is 9.48 Å². The molecule has 0 fully saturated rings. The first kappa shape index (κ1) is 14.9. The molecule has 21 heavy (non-hydrogen) atoms. The summed E-state index contributed by atoms with van der Waals surface area (Å²) >= 11 is 0. The zero-order chi connectivity index (χ0) is 15.4. The highest BCUT2D eigenvalue weighted by Crippen LogP contribution is 2.17. The smallest absolute Gasteiger partial charge is 0.244 e. The topological polar surface area (TPSA) is 46.9 Å². The van der Waals surface area contributed by atoms with Gasteiger partial charge in [-0.05, 0) is 19.1 Å². The SMILES string of the molecule is C[C@@H](NC(=O)/C=C/c1cnn(C)c1)c1ccc(F)cc1F. The molecule has 1 aromatic heterocycles. The highest BCUT2D eigenvalue weighted by Gasteiger charge is 2.12. The molecule has 0 saturated heterocycles. The zero-order valence-electron chi connectivity index (χ0n) is 11.7.